The second-order valence-corrected chi connectivity index (χ2v) is 7.03. The fourth-order valence-corrected chi connectivity index (χ4v) is 3.73. The number of hydrogen-bond acceptors (Lipinski definition) is 4. The van der Waals surface area contributed by atoms with Crippen molar-refractivity contribution in [1.82, 2.24) is 9.80 Å². The molecular weight excluding hydrogens is 352 g/mol. The number of carbonyl (C=O) groups is 1. The van der Waals surface area contributed by atoms with E-state index in [1.165, 1.54) is 6.42 Å². The lowest BCUT2D eigenvalue weighted by Crippen LogP contribution is -2.47. The van der Waals surface area contributed by atoms with Gasteiger partial charge in [-0.05, 0) is 44.2 Å². The molecule has 1 aromatic carbocycles. The summed E-state index contributed by atoms with van der Waals surface area (Å²) in [5, 5.41) is 0. The second-order valence-electron chi connectivity index (χ2n) is 7.03. The van der Waals surface area contributed by atoms with Crippen molar-refractivity contribution in [3.63, 3.8) is 0 Å². The maximum atomic E-state index is 12.7. The van der Waals surface area contributed by atoms with Crippen LogP contribution in [0.25, 0.3) is 0 Å². The number of para-hydroxylation sites is 1. The van der Waals surface area contributed by atoms with Gasteiger partial charge in [0.15, 0.2) is 6.61 Å². The standard InChI is InChI=1S/C20H30N2O3.ClH/c1-17-6-2-3-8-19(17)25-16-20(23)22-10-5-4-7-18(22)9-11-21-12-14-24-15-13-21;/h2-3,6,8,18H,4-5,7,9-16H2,1H3;1H. The Labute approximate surface area is 163 Å². The topological polar surface area (TPSA) is 42.0 Å². The van der Waals surface area contributed by atoms with Gasteiger partial charge in [-0.2, -0.15) is 0 Å². The summed E-state index contributed by atoms with van der Waals surface area (Å²) >= 11 is 0. The summed E-state index contributed by atoms with van der Waals surface area (Å²) in [6.07, 6.45) is 4.48. The van der Waals surface area contributed by atoms with Crippen molar-refractivity contribution in [2.24, 2.45) is 0 Å². The summed E-state index contributed by atoms with van der Waals surface area (Å²) in [5.74, 6) is 0.924. The third-order valence-electron chi connectivity index (χ3n) is 5.27. The van der Waals surface area contributed by atoms with Gasteiger partial charge in [0, 0.05) is 32.2 Å². The maximum absolute atomic E-state index is 12.7. The number of amides is 1. The molecule has 1 aromatic rings. The van der Waals surface area contributed by atoms with E-state index in [-0.39, 0.29) is 24.9 Å². The third kappa shape index (κ3) is 5.86. The molecule has 1 unspecified atom stereocenters. The molecule has 2 aliphatic heterocycles. The van der Waals surface area contributed by atoms with Crippen LogP contribution in [0.5, 0.6) is 5.75 Å². The van der Waals surface area contributed by atoms with Crippen LogP contribution >= 0.6 is 12.4 Å². The predicted octanol–water partition coefficient (Wildman–Crippen LogP) is 2.90. The lowest BCUT2D eigenvalue weighted by atomic mass is 9.99. The molecular formula is C20H31ClN2O3. The molecule has 0 saturated carbocycles. The first-order valence-corrected chi connectivity index (χ1v) is 9.52. The molecule has 5 nitrogen and oxygen atoms in total. The molecule has 2 aliphatic rings. The minimum atomic E-state index is 0. The van der Waals surface area contributed by atoms with Gasteiger partial charge in [0.05, 0.1) is 13.2 Å². The molecule has 146 valence electrons. The molecule has 3 rings (SSSR count). The maximum Gasteiger partial charge on any atom is 0.260 e. The van der Waals surface area contributed by atoms with Gasteiger partial charge in [0.25, 0.3) is 5.91 Å². The van der Waals surface area contributed by atoms with Crippen molar-refractivity contribution in [3.05, 3.63) is 29.8 Å². The quantitative estimate of drug-likeness (QED) is 0.758. The Balaban J connectivity index is 0.00000243. The average Bonchev–Trinajstić information content (AvgIpc) is 2.66. The number of piperidine rings is 1. The number of aryl methyl sites for hydroxylation is 1. The fourth-order valence-electron chi connectivity index (χ4n) is 3.73. The number of rotatable bonds is 6. The molecule has 26 heavy (non-hydrogen) atoms. The Morgan fingerprint density at radius 3 is 2.73 bits per heavy atom. The number of halogens is 1. The fraction of sp³-hybridized carbons (Fsp3) is 0.650. The van der Waals surface area contributed by atoms with E-state index in [0.717, 1.165) is 70.0 Å². The van der Waals surface area contributed by atoms with Crippen LogP contribution in [0.2, 0.25) is 0 Å². The smallest absolute Gasteiger partial charge is 0.260 e. The van der Waals surface area contributed by atoms with Crippen LogP contribution in [0.1, 0.15) is 31.2 Å². The summed E-state index contributed by atoms with van der Waals surface area (Å²) < 4.78 is 11.2. The molecule has 2 fully saturated rings. The monoisotopic (exact) mass is 382 g/mol. The van der Waals surface area contributed by atoms with Crippen LogP contribution in [0, 0.1) is 6.92 Å². The third-order valence-corrected chi connectivity index (χ3v) is 5.27. The zero-order valence-corrected chi connectivity index (χ0v) is 16.5. The van der Waals surface area contributed by atoms with Crippen molar-refractivity contribution in [2.75, 3.05) is 46.0 Å². The molecule has 6 heteroatoms. The Kier molecular flexibility index (Phi) is 8.69. The van der Waals surface area contributed by atoms with Gasteiger partial charge in [-0.3, -0.25) is 9.69 Å². The SMILES string of the molecule is Cc1ccccc1OCC(=O)N1CCCCC1CCN1CCOCC1.Cl. The van der Waals surface area contributed by atoms with Crippen LogP contribution in [-0.2, 0) is 9.53 Å². The van der Waals surface area contributed by atoms with E-state index in [2.05, 4.69) is 9.80 Å². The van der Waals surface area contributed by atoms with Crippen LogP contribution in [0.3, 0.4) is 0 Å². The van der Waals surface area contributed by atoms with Crippen LogP contribution in [-0.4, -0.2) is 67.7 Å². The zero-order chi connectivity index (χ0) is 17.5. The minimum Gasteiger partial charge on any atom is -0.484 e. The number of likely N-dealkylation sites (tertiary alicyclic amines) is 1. The zero-order valence-electron chi connectivity index (χ0n) is 15.7. The van der Waals surface area contributed by atoms with Gasteiger partial charge >= 0.3 is 0 Å². The molecule has 0 radical (unpaired) electrons. The van der Waals surface area contributed by atoms with Gasteiger partial charge in [0.1, 0.15) is 5.75 Å². The highest BCUT2D eigenvalue weighted by Crippen LogP contribution is 2.21. The lowest BCUT2D eigenvalue weighted by molar-refractivity contribution is -0.137. The van der Waals surface area contributed by atoms with Crippen molar-refractivity contribution >= 4 is 18.3 Å². The van der Waals surface area contributed by atoms with E-state index in [0.29, 0.717) is 6.04 Å². The second kappa shape index (κ2) is 10.8. The van der Waals surface area contributed by atoms with E-state index >= 15 is 0 Å². The average molecular weight is 383 g/mol. The summed E-state index contributed by atoms with van der Waals surface area (Å²) in [6, 6.07) is 8.21. The van der Waals surface area contributed by atoms with E-state index in [9.17, 15) is 4.79 Å². The van der Waals surface area contributed by atoms with E-state index in [1.807, 2.05) is 31.2 Å². The number of hydrogen-bond donors (Lipinski definition) is 0. The van der Waals surface area contributed by atoms with Crippen LogP contribution in [0.4, 0.5) is 0 Å². The first-order chi connectivity index (χ1) is 12.2. The van der Waals surface area contributed by atoms with Crippen molar-refractivity contribution in [1.29, 1.82) is 0 Å². The van der Waals surface area contributed by atoms with E-state index in [4.69, 9.17) is 9.47 Å². The van der Waals surface area contributed by atoms with E-state index < -0.39 is 0 Å². The number of nitrogens with zero attached hydrogens (tertiary/aromatic N) is 2. The Bertz CT molecular complexity index is 564. The molecule has 1 atom stereocenters. The Morgan fingerprint density at radius 2 is 1.96 bits per heavy atom. The lowest BCUT2D eigenvalue weighted by Gasteiger charge is -2.37. The van der Waals surface area contributed by atoms with Crippen molar-refractivity contribution < 1.29 is 14.3 Å². The number of benzene rings is 1. The summed E-state index contributed by atoms with van der Waals surface area (Å²) in [4.78, 5) is 17.2. The summed E-state index contributed by atoms with van der Waals surface area (Å²) in [5.41, 5.74) is 1.07. The van der Waals surface area contributed by atoms with Gasteiger partial charge in [-0.1, -0.05) is 18.2 Å². The summed E-state index contributed by atoms with van der Waals surface area (Å²) in [7, 11) is 0. The first-order valence-electron chi connectivity index (χ1n) is 9.52. The highest BCUT2D eigenvalue weighted by molar-refractivity contribution is 5.85. The first kappa shape index (κ1) is 21.0. The van der Waals surface area contributed by atoms with Gasteiger partial charge < -0.3 is 14.4 Å². The highest BCUT2D eigenvalue weighted by Gasteiger charge is 2.27. The van der Waals surface area contributed by atoms with Crippen LogP contribution < -0.4 is 4.74 Å². The molecule has 0 aromatic heterocycles. The predicted molar refractivity (Wildman–Crippen MR) is 105 cm³/mol. The molecule has 0 spiro atoms. The van der Waals surface area contributed by atoms with Crippen molar-refractivity contribution in [3.8, 4) is 5.75 Å². The van der Waals surface area contributed by atoms with Gasteiger partial charge in [-0.25, -0.2) is 0 Å². The van der Waals surface area contributed by atoms with E-state index in [1.54, 1.807) is 0 Å². The molecule has 0 N–H and O–H groups in total. The number of morpholine rings is 1. The largest absolute Gasteiger partial charge is 0.484 e. The van der Waals surface area contributed by atoms with Crippen molar-refractivity contribution in [2.45, 2.75) is 38.6 Å². The molecule has 2 heterocycles. The highest BCUT2D eigenvalue weighted by atomic mass is 35.5. The normalized spacial score (nSPS) is 21.1. The number of ether oxygens (including phenoxy) is 2. The molecule has 0 aliphatic carbocycles. The minimum absolute atomic E-state index is 0. The Hall–Kier alpha value is -1.30. The summed E-state index contributed by atoms with van der Waals surface area (Å²) in [6.45, 7) is 7.74. The van der Waals surface area contributed by atoms with Gasteiger partial charge in [-0.15, -0.1) is 12.4 Å². The van der Waals surface area contributed by atoms with Gasteiger partial charge in [0.2, 0.25) is 0 Å². The number of carbonyl (C=O) groups excluding carboxylic acids is 1. The Morgan fingerprint density at radius 1 is 1.19 bits per heavy atom. The van der Waals surface area contributed by atoms with Crippen LogP contribution in [0.15, 0.2) is 24.3 Å². The molecule has 1 amide bonds. The molecule has 0 bridgehead atoms. The molecule has 2 saturated heterocycles.